The minimum Gasteiger partial charge on any atom is -0.348 e. The van der Waals surface area contributed by atoms with E-state index >= 15 is 0 Å². The Morgan fingerprint density at radius 2 is 1.26 bits per heavy atom. The van der Waals surface area contributed by atoms with Gasteiger partial charge in [0.1, 0.15) is 0 Å². The van der Waals surface area contributed by atoms with Crippen molar-refractivity contribution < 1.29 is 0 Å². The second-order valence-corrected chi connectivity index (χ2v) is 15.6. The van der Waals surface area contributed by atoms with E-state index in [1.807, 2.05) is 0 Å². The average Bonchev–Trinajstić information content (AvgIpc) is 3.66. The molecule has 54 heavy (non-hydrogen) atoms. The van der Waals surface area contributed by atoms with Crippen LogP contribution in [0, 0.1) is 0 Å². The van der Waals surface area contributed by atoms with E-state index in [2.05, 4.69) is 197 Å². The van der Waals surface area contributed by atoms with Crippen molar-refractivity contribution in [2.24, 2.45) is 0 Å². The molecular weight excluding hydrogens is 651 g/mol. The van der Waals surface area contributed by atoms with E-state index < -0.39 is 0 Å². The molecule has 10 rings (SSSR count). The molecule has 8 aromatic rings. The van der Waals surface area contributed by atoms with Crippen LogP contribution in [-0.2, 0) is 11.8 Å². The van der Waals surface area contributed by atoms with E-state index in [1.54, 1.807) is 0 Å². The average molecular weight is 694 g/mol. The van der Waals surface area contributed by atoms with Crippen molar-refractivity contribution in [1.82, 2.24) is 0 Å². The summed E-state index contributed by atoms with van der Waals surface area (Å²) in [6, 6.07) is 56.8. The molecule has 0 radical (unpaired) electrons. The fourth-order valence-electron chi connectivity index (χ4n) is 9.56. The van der Waals surface area contributed by atoms with Gasteiger partial charge in [-0.05, 0) is 124 Å². The maximum absolute atomic E-state index is 2.48. The molecular formula is C53H43N. The number of para-hydroxylation sites is 1. The number of fused-ring (bicyclic) bond motifs is 7. The van der Waals surface area contributed by atoms with E-state index in [1.165, 1.54) is 105 Å². The van der Waals surface area contributed by atoms with Crippen LogP contribution < -0.4 is 4.90 Å². The maximum Gasteiger partial charge on any atom is 0.0442 e. The Morgan fingerprint density at radius 3 is 2.11 bits per heavy atom. The Morgan fingerprint density at radius 1 is 0.593 bits per heavy atom. The van der Waals surface area contributed by atoms with Crippen LogP contribution in [0.1, 0.15) is 49.4 Å². The molecule has 0 saturated heterocycles. The molecule has 1 nitrogen and oxygen atoms in total. The van der Waals surface area contributed by atoms with Crippen LogP contribution in [0.2, 0.25) is 0 Å². The lowest BCUT2D eigenvalue weighted by atomic mass is 9.81. The second-order valence-electron chi connectivity index (χ2n) is 15.6. The highest BCUT2D eigenvalue weighted by molar-refractivity contribution is 6.20. The van der Waals surface area contributed by atoms with Crippen molar-refractivity contribution >= 4 is 43.6 Å². The minimum atomic E-state index is -0.0376. The smallest absolute Gasteiger partial charge is 0.0442 e. The molecule has 0 fully saturated rings. The molecule has 1 aliphatic heterocycles. The second kappa shape index (κ2) is 12.5. The molecule has 1 heteroatoms. The molecule has 0 amide bonds. The molecule has 0 spiro atoms. The summed E-state index contributed by atoms with van der Waals surface area (Å²) >= 11 is 0. The number of anilines is 1. The number of hydrogen-bond acceptors (Lipinski definition) is 1. The van der Waals surface area contributed by atoms with Gasteiger partial charge in [0.05, 0.1) is 0 Å². The first-order chi connectivity index (χ1) is 26.4. The molecule has 260 valence electrons. The van der Waals surface area contributed by atoms with Crippen molar-refractivity contribution in [2.75, 3.05) is 11.9 Å². The molecule has 0 atom stereocenters. The van der Waals surface area contributed by atoms with Crippen molar-refractivity contribution in [3.05, 3.63) is 192 Å². The summed E-state index contributed by atoms with van der Waals surface area (Å²) in [5, 5.41) is 7.71. The summed E-state index contributed by atoms with van der Waals surface area (Å²) in [5.41, 5.74) is 17.2. The number of nitrogens with zero attached hydrogens (tertiary/aromatic N) is 1. The molecule has 0 N–H and O–H groups in total. The van der Waals surface area contributed by atoms with Gasteiger partial charge in [-0.3, -0.25) is 0 Å². The normalized spacial score (nSPS) is 15.3. The molecule has 0 aromatic heterocycles. The lowest BCUT2D eigenvalue weighted by Gasteiger charge is -2.22. The number of benzene rings is 8. The summed E-state index contributed by atoms with van der Waals surface area (Å²) in [6.45, 7) is 7.03. The van der Waals surface area contributed by atoms with Gasteiger partial charge in [-0.25, -0.2) is 0 Å². The monoisotopic (exact) mass is 693 g/mol. The first-order valence-electron chi connectivity index (χ1n) is 19.4. The molecule has 1 heterocycles. The molecule has 0 bridgehead atoms. The van der Waals surface area contributed by atoms with E-state index in [-0.39, 0.29) is 5.41 Å². The van der Waals surface area contributed by atoms with Gasteiger partial charge in [-0.15, -0.1) is 0 Å². The van der Waals surface area contributed by atoms with Crippen LogP contribution in [0.15, 0.2) is 170 Å². The summed E-state index contributed by atoms with van der Waals surface area (Å²) in [5.74, 6) is 0. The van der Waals surface area contributed by atoms with Gasteiger partial charge in [0.15, 0.2) is 0 Å². The van der Waals surface area contributed by atoms with Gasteiger partial charge in [-0.1, -0.05) is 160 Å². The van der Waals surface area contributed by atoms with Gasteiger partial charge in [0.25, 0.3) is 0 Å². The minimum absolute atomic E-state index is 0.0376. The number of allylic oxidation sites excluding steroid dienone is 4. The Kier molecular flexibility index (Phi) is 7.49. The fourth-order valence-corrected chi connectivity index (χ4v) is 9.56. The highest BCUT2D eigenvalue weighted by atomic mass is 15.1. The highest BCUT2D eigenvalue weighted by Gasteiger charge is 2.35. The Hall–Kier alpha value is -6.18. The van der Waals surface area contributed by atoms with Crippen LogP contribution in [0.4, 0.5) is 5.69 Å². The van der Waals surface area contributed by atoms with E-state index in [0.717, 1.165) is 12.8 Å². The van der Waals surface area contributed by atoms with Crippen LogP contribution >= 0.6 is 0 Å². The van der Waals surface area contributed by atoms with E-state index in [9.17, 15) is 0 Å². The lowest BCUT2D eigenvalue weighted by molar-refractivity contribution is 0.660. The quantitative estimate of drug-likeness (QED) is 0.162. The third-order valence-corrected chi connectivity index (χ3v) is 12.3. The van der Waals surface area contributed by atoms with Gasteiger partial charge >= 0.3 is 0 Å². The van der Waals surface area contributed by atoms with Gasteiger partial charge in [0.2, 0.25) is 0 Å². The fraction of sp³-hybridized carbons (Fsp3) is 0.132. The lowest BCUT2D eigenvalue weighted by Crippen LogP contribution is -2.14. The van der Waals surface area contributed by atoms with Crippen molar-refractivity contribution in [3.8, 4) is 33.4 Å². The van der Waals surface area contributed by atoms with E-state index in [4.69, 9.17) is 0 Å². The first-order valence-corrected chi connectivity index (χ1v) is 19.4. The van der Waals surface area contributed by atoms with Gasteiger partial charge < -0.3 is 4.90 Å². The predicted octanol–water partition coefficient (Wildman–Crippen LogP) is 14.2. The zero-order valence-corrected chi connectivity index (χ0v) is 31.4. The Balaban J connectivity index is 1.25. The summed E-state index contributed by atoms with van der Waals surface area (Å²) < 4.78 is 0. The van der Waals surface area contributed by atoms with Crippen molar-refractivity contribution in [1.29, 1.82) is 0 Å². The molecule has 0 unspecified atom stereocenters. The maximum atomic E-state index is 2.48. The molecule has 0 saturated carbocycles. The van der Waals surface area contributed by atoms with Crippen LogP contribution in [0.5, 0.6) is 0 Å². The summed E-state index contributed by atoms with van der Waals surface area (Å²) in [7, 11) is 2.20. The third kappa shape index (κ3) is 4.92. The Labute approximate surface area is 318 Å². The Bertz CT molecular complexity index is 2880. The molecule has 2 aliphatic rings. The number of likely N-dealkylation sites (N-methyl/N-ethyl adjacent to an activating group) is 1. The van der Waals surface area contributed by atoms with Gasteiger partial charge in [-0.2, -0.15) is 0 Å². The summed E-state index contributed by atoms with van der Waals surface area (Å²) in [4.78, 5) is 2.35. The number of hydrogen-bond donors (Lipinski definition) is 0. The summed E-state index contributed by atoms with van der Waals surface area (Å²) in [6.07, 6.45) is 6.63. The van der Waals surface area contributed by atoms with Crippen molar-refractivity contribution in [2.45, 2.75) is 39.0 Å². The number of rotatable bonds is 5. The van der Waals surface area contributed by atoms with Crippen molar-refractivity contribution in [3.63, 3.8) is 0 Å². The molecule has 1 aliphatic carbocycles. The van der Waals surface area contributed by atoms with Crippen LogP contribution in [0.25, 0.3) is 71.3 Å². The standard InChI is InChI=1S/C53H43N/c1-5-34(25-28-39-31-37-16-7-13-24-50(37)54(39)4)51-43-20-9-10-21-44(43)52(38-27-30-49-46(33-38)42-19-11-12-23-48(42)53(49,2)3)47-32-36(26-29-45(47)51)41-22-14-17-35-15-6-8-18-40(35)41/h6-30,32-33H,5,31H2,1-4H3/b34-25+,39-28+. The topological polar surface area (TPSA) is 3.24 Å². The van der Waals surface area contributed by atoms with Gasteiger partial charge in [0, 0.05) is 30.3 Å². The largest absolute Gasteiger partial charge is 0.348 e. The third-order valence-electron chi connectivity index (χ3n) is 12.3. The predicted molar refractivity (Wildman–Crippen MR) is 232 cm³/mol. The van der Waals surface area contributed by atoms with Crippen LogP contribution in [0.3, 0.4) is 0 Å². The molecule has 8 aromatic carbocycles. The van der Waals surface area contributed by atoms with E-state index in [0.29, 0.717) is 0 Å². The van der Waals surface area contributed by atoms with Crippen LogP contribution in [-0.4, -0.2) is 7.05 Å². The zero-order chi connectivity index (χ0) is 36.6. The first kappa shape index (κ1) is 32.5. The zero-order valence-electron chi connectivity index (χ0n) is 31.4. The highest BCUT2D eigenvalue weighted by Crippen LogP contribution is 2.51. The SMILES string of the molecule is CC/C(=C\C=C1/Cc2ccccc2N1C)c1c2ccccc2c(-c2ccc3c(c2)-c2ccccc2C3(C)C)c2cc(-c3cccc4ccccc34)ccc12.